The third-order valence-electron chi connectivity index (χ3n) is 3.14. The van der Waals surface area contributed by atoms with E-state index in [-0.39, 0.29) is 5.54 Å². The average Bonchev–Trinajstić information content (AvgIpc) is 2.39. The molecule has 1 fully saturated rings. The lowest BCUT2D eigenvalue weighted by Crippen LogP contribution is -2.42. The van der Waals surface area contributed by atoms with Crippen LogP contribution in [0.25, 0.3) is 0 Å². The second-order valence-corrected chi connectivity index (χ2v) is 4.65. The van der Waals surface area contributed by atoms with Gasteiger partial charge < -0.3 is 4.90 Å². The van der Waals surface area contributed by atoms with Gasteiger partial charge in [0, 0.05) is 18.5 Å². The summed E-state index contributed by atoms with van der Waals surface area (Å²) in [7, 11) is 0. The molecule has 0 aromatic heterocycles. The molecule has 0 N–H and O–H groups in total. The summed E-state index contributed by atoms with van der Waals surface area (Å²) in [6.45, 7) is 9.47. The van der Waals surface area contributed by atoms with E-state index < -0.39 is 0 Å². The fourth-order valence-corrected chi connectivity index (χ4v) is 2.29. The van der Waals surface area contributed by atoms with Gasteiger partial charge in [0.05, 0.1) is 0 Å². The Morgan fingerprint density at radius 2 is 2.08 bits per heavy atom. The van der Waals surface area contributed by atoms with Gasteiger partial charge in [0.25, 0.3) is 0 Å². The van der Waals surface area contributed by atoms with Crippen LogP contribution in [0.1, 0.15) is 47.0 Å². The van der Waals surface area contributed by atoms with Crippen LogP contribution in [-0.2, 0) is 4.79 Å². The zero-order valence-corrected chi connectivity index (χ0v) is 9.26. The molecule has 0 saturated carbocycles. The van der Waals surface area contributed by atoms with E-state index in [1.807, 2.05) is 6.92 Å². The third kappa shape index (κ3) is 2.04. The molecule has 0 aromatic rings. The minimum Gasteiger partial charge on any atom is -0.337 e. The quantitative estimate of drug-likeness (QED) is 0.644. The Hall–Kier alpha value is -0.530. The maximum atomic E-state index is 11.6. The number of rotatable bonds is 2. The SMILES string of the molecule is CCC(=O)N1CC(CC)CC1(C)C. The first-order valence-corrected chi connectivity index (χ1v) is 5.31. The summed E-state index contributed by atoms with van der Waals surface area (Å²) in [4.78, 5) is 13.7. The highest BCUT2D eigenvalue weighted by Gasteiger charge is 2.39. The summed E-state index contributed by atoms with van der Waals surface area (Å²) in [6.07, 6.45) is 2.99. The lowest BCUT2D eigenvalue weighted by molar-refractivity contribution is -0.134. The van der Waals surface area contributed by atoms with Crippen molar-refractivity contribution in [2.45, 2.75) is 52.5 Å². The Labute approximate surface area is 81.3 Å². The fourth-order valence-electron chi connectivity index (χ4n) is 2.29. The standard InChI is InChI=1S/C11H21NO/c1-5-9-7-11(3,4)12(8-9)10(13)6-2/h9H,5-8H2,1-4H3. The van der Waals surface area contributed by atoms with E-state index in [2.05, 4.69) is 25.7 Å². The van der Waals surface area contributed by atoms with Crippen molar-refractivity contribution in [3.8, 4) is 0 Å². The van der Waals surface area contributed by atoms with Crippen LogP contribution in [-0.4, -0.2) is 22.9 Å². The third-order valence-corrected chi connectivity index (χ3v) is 3.14. The van der Waals surface area contributed by atoms with Gasteiger partial charge in [0.2, 0.25) is 5.91 Å². The maximum absolute atomic E-state index is 11.6. The zero-order chi connectivity index (χ0) is 10.1. The van der Waals surface area contributed by atoms with Gasteiger partial charge in [-0.25, -0.2) is 0 Å². The van der Waals surface area contributed by atoms with Crippen LogP contribution in [0, 0.1) is 5.92 Å². The predicted molar refractivity (Wildman–Crippen MR) is 54.5 cm³/mol. The largest absolute Gasteiger partial charge is 0.337 e. The van der Waals surface area contributed by atoms with Crippen molar-refractivity contribution in [2.75, 3.05) is 6.54 Å². The summed E-state index contributed by atoms with van der Waals surface area (Å²) in [5, 5.41) is 0. The van der Waals surface area contributed by atoms with Crippen molar-refractivity contribution in [1.82, 2.24) is 4.90 Å². The van der Waals surface area contributed by atoms with Gasteiger partial charge >= 0.3 is 0 Å². The molecule has 0 bridgehead atoms. The molecule has 0 aromatic carbocycles. The molecule has 2 heteroatoms. The van der Waals surface area contributed by atoms with Crippen molar-refractivity contribution in [3.63, 3.8) is 0 Å². The number of likely N-dealkylation sites (tertiary alicyclic amines) is 1. The van der Waals surface area contributed by atoms with E-state index in [0.29, 0.717) is 18.2 Å². The van der Waals surface area contributed by atoms with E-state index in [1.54, 1.807) is 0 Å². The van der Waals surface area contributed by atoms with Gasteiger partial charge in [0.15, 0.2) is 0 Å². The van der Waals surface area contributed by atoms with Crippen LogP contribution < -0.4 is 0 Å². The molecular weight excluding hydrogens is 162 g/mol. The van der Waals surface area contributed by atoms with E-state index in [1.165, 1.54) is 6.42 Å². The molecule has 2 nitrogen and oxygen atoms in total. The van der Waals surface area contributed by atoms with Crippen molar-refractivity contribution in [2.24, 2.45) is 5.92 Å². The molecule has 1 saturated heterocycles. The smallest absolute Gasteiger partial charge is 0.222 e. The van der Waals surface area contributed by atoms with Crippen molar-refractivity contribution in [1.29, 1.82) is 0 Å². The van der Waals surface area contributed by atoms with Gasteiger partial charge in [-0.3, -0.25) is 4.79 Å². The summed E-state index contributed by atoms with van der Waals surface area (Å²) in [6, 6.07) is 0. The van der Waals surface area contributed by atoms with Crippen LogP contribution in [0.3, 0.4) is 0 Å². The number of hydrogen-bond acceptors (Lipinski definition) is 1. The Balaban J connectivity index is 2.69. The Morgan fingerprint density at radius 3 is 2.46 bits per heavy atom. The number of hydrogen-bond donors (Lipinski definition) is 0. The number of carbonyl (C=O) groups excluding carboxylic acids is 1. The van der Waals surface area contributed by atoms with Crippen molar-refractivity contribution in [3.05, 3.63) is 0 Å². The molecular formula is C11H21NO. The van der Waals surface area contributed by atoms with Crippen LogP contribution in [0.4, 0.5) is 0 Å². The van der Waals surface area contributed by atoms with Gasteiger partial charge in [-0.05, 0) is 26.2 Å². The molecule has 1 unspecified atom stereocenters. The normalized spacial score (nSPS) is 26.5. The maximum Gasteiger partial charge on any atom is 0.222 e. The van der Waals surface area contributed by atoms with Crippen LogP contribution in [0.5, 0.6) is 0 Å². The second-order valence-electron chi connectivity index (χ2n) is 4.65. The topological polar surface area (TPSA) is 20.3 Å². The fraction of sp³-hybridized carbons (Fsp3) is 0.909. The summed E-state index contributed by atoms with van der Waals surface area (Å²) >= 11 is 0. The highest BCUT2D eigenvalue weighted by Crippen LogP contribution is 2.34. The lowest BCUT2D eigenvalue weighted by atomic mass is 9.95. The van der Waals surface area contributed by atoms with Crippen molar-refractivity contribution < 1.29 is 4.79 Å². The van der Waals surface area contributed by atoms with Gasteiger partial charge in [0.1, 0.15) is 0 Å². The first kappa shape index (κ1) is 10.6. The van der Waals surface area contributed by atoms with Crippen LogP contribution in [0.15, 0.2) is 0 Å². The molecule has 1 heterocycles. The van der Waals surface area contributed by atoms with Crippen molar-refractivity contribution >= 4 is 5.91 Å². The molecule has 1 aliphatic heterocycles. The Bertz CT molecular complexity index is 198. The van der Waals surface area contributed by atoms with E-state index in [0.717, 1.165) is 13.0 Å². The first-order chi connectivity index (χ1) is 6.01. The molecule has 13 heavy (non-hydrogen) atoms. The van der Waals surface area contributed by atoms with E-state index >= 15 is 0 Å². The molecule has 0 aliphatic carbocycles. The predicted octanol–water partition coefficient (Wildman–Crippen LogP) is 2.43. The zero-order valence-electron chi connectivity index (χ0n) is 9.26. The Kier molecular flexibility index (Phi) is 2.99. The van der Waals surface area contributed by atoms with E-state index in [9.17, 15) is 4.79 Å². The van der Waals surface area contributed by atoms with Crippen LogP contribution >= 0.6 is 0 Å². The van der Waals surface area contributed by atoms with Crippen LogP contribution in [0.2, 0.25) is 0 Å². The lowest BCUT2D eigenvalue weighted by Gasteiger charge is -2.31. The molecule has 1 atom stereocenters. The second kappa shape index (κ2) is 3.69. The number of amides is 1. The molecule has 76 valence electrons. The monoisotopic (exact) mass is 183 g/mol. The molecule has 1 amide bonds. The molecule has 1 rings (SSSR count). The highest BCUT2D eigenvalue weighted by atomic mass is 16.2. The summed E-state index contributed by atoms with van der Waals surface area (Å²) < 4.78 is 0. The van der Waals surface area contributed by atoms with Gasteiger partial charge in [-0.15, -0.1) is 0 Å². The number of nitrogens with zero attached hydrogens (tertiary/aromatic N) is 1. The summed E-state index contributed by atoms with van der Waals surface area (Å²) in [5.41, 5.74) is 0.0910. The minimum atomic E-state index is 0.0910. The first-order valence-electron chi connectivity index (χ1n) is 5.31. The highest BCUT2D eigenvalue weighted by molar-refractivity contribution is 5.77. The summed E-state index contributed by atoms with van der Waals surface area (Å²) in [5.74, 6) is 1.02. The van der Waals surface area contributed by atoms with Gasteiger partial charge in [-0.2, -0.15) is 0 Å². The molecule has 0 spiro atoms. The molecule has 1 aliphatic rings. The molecule has 0 radical (unpaired) electrons. The Morgan fingerprint density at radius 1 is 1.46 bits per heavy atom. The average molecular weight is 183 g/mol. The number of carbonyl (C=O) groups is 1. The van der Waals surface area contributed by atoms with E-state index in [4.69, 9.17) is 0 Å². The van der Waals surface area contributed by atoms with Gasteiger partial charge in [-0.1, -0.05) is 20.3 Å². The minimum absolute atomic E-state index is 0.0910.